The highest BCUT2D eigenvalue weighted by Crippen LogP contribution is 2.10. The third kappa shape index (κ3) is 1.54. The van der Waals surface area contributed by atoms with Crippen LogP contribution >= 0.6 is 0 Å². The Kier molecular flexibility index (Phi) is 2.66. The molecule has 12 heavy (non-hydrogen) atoms. The second kappa shape index (κ2) is 3.73. The van der Waals surface area contributed by atoms with E-state index in [1.165, 1.54) is 0 Å². The predicted molar refractivity (Wildman–Crippen MR) is 49.1 cm³/mol. The summed E-state index contributed by atoms with van der Waals surface area (Å²) < 4.78 is 0. The van der Waals surface area contributed by atoms with E-state index >= 15 is 0 Å². The number of hydrogen-bond donors (Lipinski definition) is 0. The summed E-state index contributed by atoms with van der Waals surface area (Å²) in [5.74, 6) is 5.75. The first kappa shape index (κ1) is 8.55. The first-order valence-corrected chi connectivity index (χ1v) is 3.77. The van der Waals surface area contributed by atoms with Gasteiger partial charge in [0.15, 0.2) is 0 Å². The molecule has 0 bridgehead atoms. The first-order chi connectivity index (χ1) is 5.79. The molecule has 0 aliphatic carbocycles. The van der Waals surface area contributed by atoms with Gasteiger partial charge in [0, 0.05) is 11.1 Å². The zero-order valence-corrected chi connectivity index (χ0v) is 7.22. The summed E-state index contributed by atoms with van der Waals surface area (Å²) in [6.07, 6.45) is 0.857. The predicted octanol–water partition coefficient (Wildman–Crippen LogP) is 2.18. The van der Waals surface area contributed by atoms with Gasteiger partial charge in [-0.15, -0.1) is 5.92 Å². The minimum absolute atomic E-state index is 0.718. The second-order valence-electron chi connectivity index (χ2n) is 2.51. The van der Waals surface area contributed by atoms with Crippen LogP contribution in [-0.2, 0) is 0 Å². The molecule has 1 heteroatoms. The normalized spacial score (nSPS) is 8.50. The van der Waals surface area contributed by atoms with Crippen LogP contribution in [0.25, 0.3) is 0 Å². The van der Waals surface area contributed by atoms with Crippen LogP contribution in [0, 0.1) is 18.8 Å². The highest BCUT2D eigenvalue weighted by Gasteiger charge is 1.98. The summed E-state index contributed by atoms with van der Waals surface area (Å²) in [6.45, 7) is 3.69. The van der Waals surface area contributed by atoms with Crippen LogP contribution in [-0.4, -0.2) is 6.29 Å². The Hall–Kier alpha value is -1.55. The van der Waals surface area contributed by atoms with Crippen molar-refractivity contribution in [3.05, 3.63) is 34.9 Å². The largest absolute Gasteiger partial charge is 0.298 e. The molecule has 0 saturated heterocycles. The molecule has 0 amide bonds. The van der Waals surface area contributed by atoms with Gasteiger partial charge >= 0.3 is 0 Å². The number of carbonyl (C=O) groups excluding carboxylic acids is 1. The zero-order valence-electron chi connectivity index (χ0n) is 7.22. The van der Waals surface area contributed by atoms with E-state index in [9.17, 15) is 4.79 Å². The van der Waals surface area contributed by atoms with Gasteiger partial charge in [0.25, 0.3) is 0 Å². The number of carbonyl (C=O) groups is 1. The van der Waals surface area contributed by atoms with Gasteiger partial charge in [-0.05, 0) is 25.5 Å². The summed E-state index contributed by atoms with van der Waals surface area (Å²) in [6, 6.07) is 5.55. The molecule has 0 saturated carbocycles. The van der Waals surface area contributed by atoms with Crippen LogP contribution in [0.1, 0.15) is 28.4 Å². The van der Waals surface area contributed by atoms with Crippen LogP contribution in [0.2, 0.25) is 0 Å². The molecule has 0 spiro atoms. The van der Waals surface area contributed by atoms with Crippen molar-refractivity contribution in [2.24, 2.45) is 0 Å². The first-order valence-electron chi connectivity index (χ1n) is 3.77. The van der Waals surface area contributed by atoms with Crippen molar-refractivity contribution in [2.75, 3.05) is 0 Å². The number of rotatable bonds is 1. The van der Waals surface area contributed by atoms with Crippen LogP contribution < -0.4 is 0 Å². The van der Waals surface area contributed by atoms with Crippen molar-refractivity contribution in [1.29, 1.82) is 0 Å². The monoisotopic (exact) mass is 158 g/mol. The molecule has 0 unspecified atom stereocenters. The molecule has 0 radical (unpaired) electrons. The summed E-state index contributed by atoms with van der Waals surface area (Å²) in [7, 11) is 0. The van der Waals surface area contributed by atoms with E-state index in [-0.39, 0.29) is 0 Å². The fourth-order valence-electron chi connectivity index (χ4n) is 1.05. The van der Waals surface area contributed by atoms with Gasteiger partial charge in [0.1, 0.15) is 6.29 Å². The van der Waals surface area contributed by atoms with Gasteiger partial charge in [-0.1, -0.05) is 18.1 Å². The lowest BCUT2D eigenvalue weighted by Crippen LogP contribution is -1.89. The lowest BCUT2D eigenvalue weighted by Gasteiger charge is -1.99. The van der Waals surface area contributed by atoms with E-state index < -0.39 is 0 Å². The second-order valence-corrected chi connectivity index (χ2v) is 2.51. The van der Waals surface area contributed by atoms with E-state index in [0.717, 1.165) is 23.0 Å². The highest BCUT2D eigenvalue weighted by atomic mass is 16.1. The van der Waals surface area contributed by atoms with Crippen LogP contribution in [0.3, 0.4) is 0 Å². The molecule has 0 N–H and O–H groups in total. The fourth-order valence-corrected chi connectivity index (χ4v) is 1.05. The molecule has 60 valence electrons. The van der Waals surface area contributed by atoms with Crippen LogP contribution in [0.5, 0.6) is 0 Å². The SMILES string of the molecule is CC#Cc1cccc(C=O)c1C. The van der Waals surface area contributed by atoms with Crippen molar-refractivity contribution >= 4 is 6.29 Å². The van der Waals surface area contributed by atoms with Gasteiger partial charge in [0.05, 0.1) is 0 Å². The average Bonchev–Trinajstić information content (AvgIpc) is 2.09. The van der Waals surface area contributed by atoms with E-state index in [1.54, 1.807) is 13.0 Å². The molecule has 0 atom stereocenters. The third-order valence-electron chi connectivity index (χ3n) is 1.76. The molecule has 1 nitrogen and oxygen atoms in total. The van der Waals surface area contributed by atoms with Crippen molar-refractivity contribution < 1.29 is 4.79 Å². The third-order valence-corrected chi connectivity index (χ3v) is 1.76. The van der Waals surface area contributed by atoms with Crippen LogP contribution in [0.15, 0.2) is 18.2 Å². The Balaban J connectivity index is 3.28. The number of aldehydes is 1. The Bertz CT molecular complexity index is 353. The topological polar surface area (TPSA) is 17.1 Å². The van der Waals surface area contributed by atoms with Crippen molar-refractivity contribution in [2.45, 2.75) is 13.8 Å². The van der Waals surface area contributed by atoms with Gasteiger partial charge in [-0.25, -0.2) is 0 Å². The van der Waals surface area contributed by atoms with Gasteiger partial charge in [0.2, 0.25) is 0 Å². The number of benzene rings is 1. The Morgan fingerprint density at radius 1 is 1.42 bits per heavy atom. The lowest BCUT2D eigenvalue weighted by atomic mass is 10.0. The Morgan fingerprint density at radius 2 is 2.17 bits per heavy atom. The Labute approximate surface area is 72.4 Å². The molecule has 0 aliphatic heterocycles. The Morgan fingerprint density at radius 3 is 2.75 bits per heavy atom. The maximum Gasteiger partial charge on any atom is 0.150 e. The van der Waals surface area contributed by atoms with Crippen molar-refractivity contribution in [3.8, 4) is 11.8 Å². The molecule has 0 heterocycles. The van der Waals surface area contributed by atoms with Gasteiger partial charge < -0.3 is 0 Å². The zero-order chi connectivity index (χ0) is 8.97. The smallest absolute Gasteiger partial charge is 0.150 e. The van der Waals surface area contributed by atoms with E-state index in [2.05, 4.69) is 11.8 Å². The fraction of sp³-hybridized carbons (Fsp3) is 0.182. The average molecular weight is 158 g/mol. The van der Waals surface area contributed by atoms with E-state index in [1.807, 2.05) is 19.1 Å². The van der Waals surface area contributed by atoms with Crippen LogP contribution in [0.4, 0.5) is 0 Å². The summed E-state index contributed by atoms with van der Waals surface area (Å²) in [5.41, 5.74) is 2.61. The van der Waals surface area contributed by atoms with Crippen molar-refractivity contribution in [3.63, 3.8) is 0 Å². The highest BCUT2D eigenvalue weighted by molar-refractivity contribution is 5.78. The molecular formula is C11H10O. The summed E-state index contributed by atoms with van der Waals surface area (Å²) >= 11 is 0. The molecular weight excluding hydrogens is 148 g/mol. The molecule has 1 aromatic rings. The van der Waals surface area contributed by atoms with Gasteiger partial charge in [-0.2, -0.15) is 0 Å². The standard InChI is InChI=1S/C11H10O/c1-3-5-10-6-4-7-11(8-12)9(10)2/h4,6-8H,1-2H3. The van der Waals surface area contributed by atoms with Gasteiger partial charge in [-0.3, -0.25) is 4.79 Å². The molecule has 0 aromatic heterocycles. The van der Waals surface area contributed by atoms with E-state index in [0.29, 0.717) is 0 Å². The maximum absolute atomic E-state index is 10.5. The maximum atomic E-state index is 10.5. The van der Waals surface area contributed by atoms with E-state index in [4.69, 9.17) is 0 Å². The van der Waals surface area contributed by atoms with Crippen molar-refractivity contribution in [1.82, 2.24) is 0 Å². The molecule has 1 aromatic carbocycles. The number of hydrogen-bond acceptors (Lipinski definition) is 1. The lowest BCUT2D eigenvalue weighted by molar-refractivity contribution is 0.112. The molecule has 1 rings (SSSR count). The minimum Gasteiger partial charge on any atom is -0.298 e. The summed E-state index contributed by atoms with van der Waals surface area (Å²) in [5, 5.41) is 0. The molecule has 0 fully saturated rings. The molecule has 0 aliphatic rings. The minimum atomic E-state index is 0.718. The quantitative estimate of drug-likeness (QED) is 0.452. The summed E-state index contributed by atoms with van der Waals surface area (Å²) in [4.78, 5) is 10.5.